The summed E-state index contributed by atoms with van der Waals surface area (Å²) in [6.45, 7) is 0. The van der Waals surface area contributed by atoms with Gasteiger partial charge in [-0.25, -0.2) is 4.98 Å². The molecule has 0 atom stereocenters. The van der Waals surface area contributed by atoms with Crippen molar-refractivity contribution in [3.05, 3.63) is 71.9 Å². The van der Waals surface area contributed by atoms with Crippen molar-refractivity contribution < 1.29 is 9.90 Å². The first-order valence-electron chi connectivity index (χ1n) is 6.91. The van der Waals surface area contributed by atoms with Gasteiger partial charge in [0.2, 0.25) is 0 Å². The Hall–Kier alpha value is -3.01. The second kappa shape index (κ2) is 6.18. The number of nitrogens with zero attached hydrogens (tertiary/aromatic N) is 2. The molecule has 2 aromatic carbocycles. The number of carbonyl (C=O) groups is 1. The SMILES string of the molecule is O=C(O)Cc1ccc(N=Cc2ccc3ccccc3n2)cc1. The summed E-state index contributed by atoms with van der Waals surface area (Å²) in [7, 11) is 0. The molecule has 0 amide bonds. The predicted molar refractivity (Wildman–Crippen MR) is 86.8 cm³/mol. The molecule has 4 nitrogen and oxygen atoms in total. The molecule has 3 aromatic rings. The number of carboxylic acids is 1. The zero-order valence-electron chi connectivity index (χ0n) is 11.8. The molecule has 0 aliphatic rings. The van der Waals surface area contributed by atoms with Gasteiger partial charge in [-0.3, -0.25) is 9.79 Å². The van der Waals surface area contributed by atoms with Crippen molar-refractivity contribution in [1.82, 2.24) is 4.98 Å². The molecule has 1 heterocycles. The minimum Gasteiger partial charge on any atom is -0.481 e. The molecule has 0 fully saturated rings. The fourth-order valence-corrected chi connectivity index (χ4v) is 2.17. The van der Waals surface area contributed by atoms with Gasteiger partial charge in [-0.05, 0) is 29.8 Å². The van der Waals surface area contributed by atoms with Crippen LogP contribution in [0.2, 0.25) is 0 Å². The van der Waals surface area contributed by atoms with Gasteiger partial charge in [0.25, 0.3) is 0 Å². The number of rotatable bonds is 4. The van der Waals surface area contributed by atoms with E-state index in [1.54, 1.807) is 30.5 Å². The highest BCUT2D eigenvalue weighted by Crippen LogP contribution is 2.15. The van der Waals surface area contributed by atoms with Gasteiger partial charge in [0, 0.05) is 5.39 Å². The molecular formula is C18H14N2O2. The third-order valence-electron chi connectivity index (χ3n) is 3.26. The van der Waals surface area contributed by atoms with Crippen LogP contribution in [-0.2, 0) is 11.2 Å². The maximum atomic E-state index is 10.6. The average Bonchev–Trinajstić information content (AvgIpc) is 2.53. The summed E-state index contributed by atoms with van der Waals surface area (Å²) in [5.41, 5.74) is 3.25. The zero-order valence-corrected chi connectivity index (χ0v) is 11.8. The maximum absolute atomic E-state index is 10.6. The Morgan fingerprint density at radius 3 is 2.59 bits per heavy atom. The molecule has 0 radical (unpaired) electrons. The lowest BCUT2D eigenvalue weighted by atomic mass is 10.1. The summed E-state index contributed by atoms with van der Waals surface area (Å²) in [6.07, 6.45) is 1.73. The number of pyridine rings is 1. The van der Waals surface area contributed by atoms with Crippen molar-refractivity contribution >= 4 is 28.8 Å². The topological polar surface area (TPSA) is 62.5 Å². The van der Waals surface area contributed by atoms with Gasteiger partial charge in [-0.15, -0.1) is 0 Å². The number of aliphatic imine (C=N–C) groups is 1. The first-order valence-corrected chi connectivity index (χ1v) is 6.91. The molecule has 4 heteroatoms. The van der Waals surface area contributed by atoms with Crippen LogP contribution in [0.25, 0.3) is 10.9 Å². The van der Waals surface area contributed by atoms with Crippen LogP contribution in [0.1, 0.15) is 11.3 Å². The minimum absolute atomic E-state index is 0.0240. The molecule has 0 saturated heterocycles. The summed E-state index contributed by atoms with van der Waals surface area (Å²) in [5, 5.41) is 9.83. The van der Waals surface area contributed by atoms with Crippen LogP contribution in [0.15, 0.2) is 65.7 Å². The molecule has 1 N–H and O–H groups in total. The normalized spacial score (nSPS) is 11.1. The summed E-state index contributed by atoms with van der Waals surface area (Å²) in [6, 6.07) is 19.0. The van der Waals surface area contributed by atoms with E-state index >= 15 is 0 Å². The van der Waals surface area contributed by atoms with Crippen LogP contribution in [-0.4, -0.2) is 22.3 Å². The number of fused-ring (bicyclic) bond motifs is 1. The largest absolute Gasteiger partial charge is 0.481 e. The highest BCUT2D eigenvalue weighted by atomic mass is 16.4. The van der Waals surface area contributed by atoms with E-state index in [0.29, 0.717) is 0 Å². The molecule has 108 valence electrons. The Bertz CT molecular complexity index is 839. The van der Waals surface area contributed by atoms with Gasteiger partial charge in [0.15, 0.2) is 0 Å². The Kier molecular flexibility index (Phi) is 3.92. The number of aromatic nitrogens is 1. The molecule has 0 aliphatic heterocycles. The summed E-state index contributed by atoms with van der Waals surface area (Å²) in [5.74, 6) is -0.836. The quantitative estimate of drug-likeness (QED) is 0.746. The van der Waals surface area contributed by atoms with Crippen LogP contribution < -0.4 is 0 Å². The number of benzene rings is 2. The van der Waals surface area contributed by atoms with Crippen LogP contribution >= 0.6 is 0 Å². The molecule has 3 rings (SSSR count). The van der Waals surface area contributed by atoms with Crippen molar-refractivity contribution in [3.63, 3.8) is 0 Å². The number of carboxylic acid groups (broad SMARTS) is 1. The lowest BCUT2D eigenvalue weighted by molar-refractivity contribution is -0.136. The lowest BCUT2D eigenvalue weighted by Gasteiger charge is -1.99. The fourth-order valence-electron chi connectivity index (χ4n) is 2.17. The third kappa shape index (κ3) is 3.35. The van der Waals surface area contributed by atoms with Crippen molar-refractivity contribution in [2.45, 2.75) is 6.42 Å². The Morgan fingerprint density at radius 2 is 1.82 bits per heavy atom. The van der Waals surface area contributed by atoms with E-state index in [4.69, 9.17) is 5.11 Å². The van der Waals surface area contributed by atoms with Crippen molar-refractivity contribution in [2.24, 2.45) is 4.99 Å². The van der Waals surface area contributed by atoms with E-state index in [1.807, 2.05) is 36.4 Å². The smallest absolute Gasteiger partial charge is 0.307 e. The van der Waals surface area contributed by atoms with E-state index < -0.39 is 5.97 Å². The zero-order chi connectivity index (χ0) is 15.4. The predicted octanol–water partition coefficient (Wildman–Crippen LogP) is 3.61. The van der Waals surface area contributed by atoms with Crippen molar-refractivity contribution in [1.29, 1.82) is 0 Å². The van der Waals surface area contributed by atoms with Crippen LogP contribution in [0.4, 0.5) is 5.69 Å². The lowest BCUT2D eigenvalue weighted by Crippen LogP contribution is -1.99. The summed E-state index contributed by atoms with van der Waals surface area (Å²) >= 11 is 0. The first kappa shape index (κ1) is 13.9. The maximum Gasteiger partial charge on any atom is 0.307 e. The molecule has 0 bridgehead atoms. The van der Waals surface area contributed by atoms with Gasteiger partial charge >= 0.3 is 5.97 Å². The molecule has 1 aromatic heterocycles. The molecule has 0 spiro atoms. The second-order valence-corrected chi connectivity index (χ2v) is 4.92. The second-order valence-electron chi connectivity index (χ2n) is 4.92. The number of hydrogen-bond donors (Lipinski definition) is 1. The molecule has 0 saturated carbocycles. The number of aliphatic carboxylic acids is 1. The van der Waals surface area contributed by atoms with Crippen molar-refractivity contribution in [2.75, 3.05) is 0 Å². The average molecular weight is 290 g/mol. The Balaban J connectivity index is 1.78. The van der Waals surface area contributed by atoms with E-state index in [1.165, 1.54) is 0 Å². The highest BCUT2D eigenvalue weighted by molar-refractivity contribution is 5.86. The van der Waals surface area contributed by atoms with E-state index in [0.717, 1.165) is 27.8 Å². The molecule has 22 heavy (non-hydrogen) atoms. The molecule has 0 unspecified atom stereocenters. The van der Waals surface area contributed by atoms with Crippen LogP contribution in [0.3, 0.4) is 0 Å². The van der Waals surface area contributed by atoms with Gasteiger partial charge < -0.3 is 5.11 Å². The molecule has 0 aliphatic carbocycles. The third-order valence-corrected chi connectivity index (χ3v) is 3.26. The fraction of sp³-hybridized carbons (Fsp3) is 0.0556. The summed E-state index contributed by atoms with van der Waals surface area (Å²) in [4.78, 5) is 19.5. The number of hydrogen-bond acceptors (Lipinski definition) is 3. The summed E-state index contributed by atoms with van der Waals surface area (Å²) < 4.78 is 0. The Labute approximate surface area is 127 Å². The Morgan fingerprint density at radius 1 is 1.05 bits per heavy atom. The van der Waals surface area contributed by atoms with Crippen LogP contribution in [0.5, 0.6) is 0 Å². The highest BCUT2D eigenvalue weighted by Gasteiger charge is 2.00. The standard InChI is InChI=1S/C18H14N2O2/c21-18(22)11-13-5-8-15(9-6-13)19-12-16-10-7-14-3-1-2-4-17(14)20-16/h1-10,12H,11H2,(H,21,22). The van der Waals surface area contributed by atoms with E-state index in [-0.39, 0.29) is 6.42 Å². The monoisotopic (exact) mass is 290 g/mol. The minimum atomic E-state index is -0.836. The van der Waals surface area contributed by atoms with Crippen molar-refractivity contribution in [3.8, 4) is 0 Å². The first-order chi connectivity index (χ1) is 10.7. The molecular weight excluding hydrogens is 276 g/mol. The van der Waals surface area contributed by atoms with Gasteiger partial charge in [0.05, 0.1) is 29.5 Å². The number of para-hydroxylation sites is 1. The van der Waals surface area contributed by atoms with Gasteiger partial charge in [-0.2, -0.15) is 0 Å². The van der Waals surface area contributed by atoms with Crippen LogP contribution in [0, 0.1) is 0 Å². The van der Waals surface area contributed by atoms with E-state index in [9.17, 15) is 4.79 Å². The van der Waals surface area contributed by atoms with Gasteiger partial charge in [0.1, 0.15) is 0 Å². The van der Waals surface area contributed by atoms with Gasteiger partial charge in [-0.1, -0.05) is 36.4 Å². The van der Waals surface area contributed by atoms with E-state index in [2.05, 4.69) is 9.98 Å².